The highest BCUT2D eigenvalue weighted by Crippen LogP contribution is 2.53. The van der Waals surface area contributed by atoms with Gasteiger partial charge in [0.15, 0.2) is 0 Å². The molecule has 3 heteroatoms. The van der Waals surface area contributed by atoms with Gasteiger partial charge < -0.3 is 10.2 Å². The van der Waals surface area contributed by atoms with Crippen molar-refractivity contribution < 1.29 is 15.0 Å². The molecule has 0 amide bonds. The second-order valence-electron chi connectivity index (χ2n) is 6.77. The normalized spacial score (nSPS) is 41.7. The molecule has 0 saturated heterocycles. The topological polar surface area (TPSA) is 57.5 Å². The van der Waals surface area contributed by atoms with Gasteiger partial charge in [-0.25, -0.2) is 0 Å². The summed E-state index contributed by atoms with van der Waals surface area (Å²) >= 11 is 0. The van der Waals surface area contributed by atoms with Gasteiger partial charge in [0.2, 0.25) is 0 Å². The maximum Gasteiger partial charge on any atom is 0.139 e. The summed E-state index contributed by atoms with van der Waals surface area (Å²) in [5.74, 6) is -0.129. The fourth-order valence-electron chi connectivity index (χ4n) is 3.88. The van der Waals surface area contributed by atoms with Gasteiger partial charge in [-0.3, -0.25) is 4.79 Å². The molecule has 3 nitrogen and oxygen atoms in total. The molecule has 0 aromatic carbocycles. The highest BCUT2D eigenvalue weighted by atomic mass is 16.3. The minimum atomic E-state index is -0.915. The third-order valence-corrected chi connectivity index (χ3v) is 5.07. The molecule has 2 fully saturated rings. The number of fused-ring (bicyclic) bond motifs is 1. The van der Waals surface area contributed by atoms with E-state index in [1.807, 2.05) is 6.92 Å². The van der Waals surface area contributed by atoms with Gasteiger partial charge in [0.25, 0.3) is 0 Å². The minimum absolute atomic E-state index is 0.182. The van der Waals surface area contributed by atoms with E-state index in [-0.39, 0.29) is 17.6 Å². The average molecular weight is 252 g/mol. The number of aliphatic hydroxyl groups excluding tert-OH is 1. The van der Waals surface area contributed by atoms with Gasteiger partial charge in [-0.15, -0.1) is 0 Å². The van der Waals surface area contributed by atoms with Crippen LogP contribution in [0.25, 0.3) is 0 Å². The lowest BCUT2D eigenvalue weighted by atomic mass is 9.53. The Morgan fingerprint density at radius 1 is 1.39 bits per heavy atom. The molecule has 4 atom stereocenters. The SMILES string of the molecule is C=C1CCC(=O)C2(C)CCC(C(C)(C)O)C(O)C12. The van der Waals surface area contributed by atoms with Crippen LogP contribution >= 0.6 is 0 Å². The number of carbonyl (C=O) groups is 1. The van der Waals surface area contributed by atoms with Gasteiger partial charge in [-0.2, -0.15) is 0 Å². The van der Waals surface area contributed by atoms with E-state index >= 15 is 0 Å². The van der Waals surface area contributed by atoms with Gasteiger partial charge in [0, 0.05) is 23.7 Å². The monoisotopic (exact) mass is 252 g/mol. The average Bonchev–Trinajstić information content (AvgIpc) is 2.22. The van der Waals surface area contributed by atoms with Crippen LogP contribution in [0.4, 0.5) is 0 Å². The fourth-order valence-corrected chi connectivity index (χ4v) is 3.88. The summed E-state index contributed by atoms with van der Waals surface area (Å²) in [7, 11) is 0. The van der Waals surface area contributed by atoms with E-state index in [2.05, 4.69) is 6.58 Å². The van der Waals surface area contributed by atoms with E-state index in [4.69, 9.17) is 0 Å². The van der Waals surface area contributed by atoms with E-state index in [9.17, 15) is 15.0 Å². The molecule has 4 unspecified atom stereocenters. The molecule has 2 N–H and O–H groups in total. The third-order valence-electron chi connectivity index (χ3n) is 5.07. The highest BCUT2D eigenvalue weighted by molar-refractivity contribution is 5.87. The van der Waals surface area contributed by atoms with E-state index in [1.165, 1.54) is 0 Å². The zero-order valence-corrected chi connectivity index (χ0v) is 11.6. The smallest absolute Gasteiger partial charge is 0.139 e. The van der Waals surface area contributed by atoms with Gasteiger partial charge >= 0.3 is 0 Å². The number of aliphatic hydroxyl groups is 2. The van der Waals surface area contributed by atoms with Gasteiger partial charge in [-0.1, -0.05) is 19.1 Å². The van der Waals surface area contributed by atoms with Crippen LogP contribution in [0.1, 0.15) is 46.5 Å². The molecule has 0 radical (unpaired) electrons. The lowest BCUT2D eigenvalue weighted by Gasteiger charge is -2.52. The maximum absolute atomic E-state index is 12.2. The predicted molar refractivity (Wildman–Crippen MR) is 70.0 cm³/mol. The van der Waals surface area contributed by atoms with Crippen LogP contribution in [0.5, 0.6) is 0 Å². The Hall–Kier alpha value is -0.670. The van der Waals surface area contributed by atoms with Crippen molar-refractivity contribution in [2.24, 2.45) is 17.3 Å². The molecule has 102 valence electrons. The number of ketones is 1. The van der Waals surface area contributed by atoms with E-state index in [0.717, 1.165) is 12.0 Å². The molecule has 0 aliphatic heterocycles. The second kappa shape index (κ2) is 4.17. The molecule has 0 heterocycles. The van der Waals surface area contributed by atoms with Crippen LogP contribution in [0.15, 0.2) is 12.2 Å². The number of hydrogen-bond donors (Lipinski definition) is 2. The third kappa shape index (κ3) is 1.94. The van der Waals surface area contributed by atoms with Crippen molar-refractivity contribution in [1.29, 1.82) is 0 Å². The molecule has 2 aliphatic carbocycles. The molecule has 2 saturated carbocycles. The first-order valence-electron chi connectivity index (χ1n) is 6.79. The van der Waals surface area contributed by atoms with Crippen molar-refractivity contribution in [3.63, 3.8) is 0 Å². The Bertz CT molecular complexity index is 380. The zero-order chi connectivity index (χ0) is 13.7. The molecule has 18 heavy (non-hydrogen) atoms. The number of Topliss-reactive ketones (excluding diaryl/α,β-unsaturated/α-hetero) is 1. The van der Waals surface area contributed by atoms with Crippen LogP contribution in [-0.4, -0.2) is 27.7 Å². The predicted octanol–water partition coefficient (Wildman–Crippen LogP) is 2.07. The number of carbonyl (C=O) groups excluding carboxylic acids is 1. The number of rotatable bonds is 1. The fraction of sp³-hybridized carbons (Fsp3) is 0.800. The first kappa shape index (κ1) is 13.8. The Kier molecular flexibility index (Phi) is 3.19. The summed E-state index contributed by atoms with van der Waals surface area (Å²) in [6, 6.07) is 0. The first-order chi connectivity index (χ1) is 8.18. The summed E-state index contributed by atoms with van der Waals surface area (Å²) in [6.07, 6.45) is 1.98. The Morgan fingerprint density at radius 2 is 2.00 bits per heavy atom. The van der Waals surface area contributed by atoms with Crippen molar-refractivity contribution in [1.82, 2.24) is 0 Å². The largest absolute Gasteiger partial charge is 0.392 e. The van der Waals surface area contributed by atoms with E-state index in [0.29, 0.717) is 19.3 Å². The van der Waals surface area contributed by atoms with Gasteiger partial charge in [0.1, 0.15) is 5.78 Å². The lowest BCUT2D eigenvalue weighted by Crippen LogP contribution is -2.56. The van der Waals surface area contributed by atoms with Crippen molar-refractivity contribution in [3.8, 4) is 0 Å². The second-order valence-corrected chi connectivity index (χ2v) is 6.77. The summed E-state index contributed by atoms with van der Waals surface area (Å²) in [6.45, 7) is 9.47. The van der Waals surface area contributed by atoms with E-state index in [1.54, 1.807) is 13.8 Å². The standard InChI is InChI=1S/C15H24O3/c1-9-5-6-11(16)15(4)8-7-10(14(2,3)18)13(17)12(9)15/h10,12-13,17-18H,1,5-8H2,2-4H3. The summed E-state index contributed by atoms with van der Waals surface area (Å²) in [4.78, 5) is 12.2. The minimum Gasteiger partial charge on any atom is -0.392 e. The van der Waals surface area contributed by atoms with Gasteiger partial charge in [0.05, 0.1) is 11.7 Å². The molecular weight excluding hydrogens is 228 g/mol. The van der Waals surface area contributed by atoms with Crippen molar-refractivity contribution >= 4 is 5.78 Å². The van der Waals surface area contributed by atoms with E-state index < -0.39 is 17.1 Å². The van der Waals surface area contributed by atoms with Crippen molar-refractivity contribution in [3.05, 3.63) is 12.2 Å². The van der Waals surface area contributed by atoms with Crippen LogP contribution in [0, 0.1) is 17.3 Å². The van der Waals surface area contributed by atoms with Crippen LogP contribution in [0.3, 0.4) is 0 Å². The molecule has 2 aliphatic rings. The maximum atomic E-state index is 12.2. The summed E-state index contributed by atoms with van der Waals surface area (Å²) < 4.78 is 0. The van der Waals surface area contributed by atoms with Gasteiger partial charge in [-0.05, 0) is 33.1 Å². The Morgan fingerprint density at radius 3 is 2.56 bits per heavy atom. The number of hydrogen-bond acceptors (Lipinski definition) is 3. The first-order valence-corrected chi connectivity index (χ1v) is 6.79. The van der Waals surface area contributed by atoms with Crippen molar-refractivity contribution in [2.45, 2.75) is 58.2 Å². The molecule has 0 aromatic heterocycles. The lowest BCUT2D eigenvalue weighted by molar-refractivity contribution is -0.152. The van der Waals surface area contributed by atoms with Crippen LogP contribution in [0.2, 0.25) is 0 Å². The summed E-state index contributed by atoms with van der Waals surface area (Å²) in [5, 5.41) is 20.7. The highest BCUT2D eigenvalue weighted by Gasteiger charge is 2.55. The zero-order valence-electron chi connectivity index (χ0n) is 11.6. The molecular formula is C15H24O3. The van der Waals surface area contributed by atoms with Crippen molar-refractivity contribution in [2.75, 3.05) is 0 Å². The summed E-state index contributed by atoms with van der Waals surface area (Å²) in [5.41, 5.74) is -0.420. The molecule has 0 spiro atoms. The van der Waals surface area contributed by atoms with Crippen LogP contribution < -0.4 is 0 Å². The molecule has 0 aromatic rings. The van der Waals surface area contributed by atoms with Crippen LogP contribution in [-0.2, 0) is 4.79 Å². The molecule has 0 bridgehead atoms. The Labute approximate surface area is 109 Å². The quantitative estimate of drug-likeness (QED) is 0.702. The molecule has 2 rings (SSSR count). The Balaban J connectivity index is 2.35.